The molecule has 0 aromatic rings. The number of hydrogen-bond donors (Lipinski definition) is 0. The molecule has 0 spiro atoms. The summed E-state index contributed by atoms with van der Waals surface area (Å²) in [6, 6.07) is 0. The van der Waals surface area contributed by atoms with E-state index in [0.717, 1.165) is 29.2 Å². The van der Waals surface area contributed by atoms with Gasteiger partial charge in [0.25, 0.3) is 0 Å². The van der Waals surface area contributed by atoms with Gasteiger partial charge in [-0.25, -0.2) is 0 Å². The van der Waals surface area contributed by atoms with Crippen LogP contribution in [0.3, 0.4) is 0 Å². The molecule has 0 saturated carbocycles. The summed E-state index contributed by atoms with van der Waals surface area (Å²) in [5.74, 6) is -0.965. The Balaban J connectivity index is 2.89. The first-order valence-electron chi connectivity index (χ1n) is 7.80. The van der Waals surface area contributed by atoms with E-state index in [9.17, 15) is 14.7 Å². The molecule has 0 heterocycles. The van der Waals surface area contributed by atoms with E-state index in [0.29, 0.717) is 12.0 Å². The summed E-state index contributed by atoms with van der Waals surface area (Å²) in [7, 11) is 0. The molecule has 0 radical (unpaired) electrons. The van der Waals surface area contributed by atoms with E-state index in [1.165, 1.54) is 0 Å². The van der Waals surface area contributed by atoms with Crippen molar-refractivity contribution < 1.29 is 14.7 Å². The van der Waals surface area contributed by atoms with Gasteiger partial charge in [0.05, 0.1) is 5.97 Å². The molecule has 0 saturated heterocycles. The molecule has 0 unspecified atom stereocenters. The number of carbonyl (C=O) groups excluding carboxylic acids is 2. The van der Waals surface area contributed by atoms with Gasteiger partial charge < -0.3 is 9.90 Å². The van der Waals surface area contributed by atoms with E-state index >= 15 is 0 Å². The van der Waals surface area contributed by atoms with E-state index in [1.807, 2.05) is 32.1 Å². The van der Waals surface area contributed by atoms with Gasteiger partial charge in [0, 0.05) is 6.42 Å². The minimum Gasteiger partial charge on any atom is -0.545 e. The zero-order chi connectivity index (χ0) is 17.6. The van der Waals surface area contributed by atoms with E-state index in [2.05, 4.69) is 13.8 Å². The van der Waals surface area contributed by atoms with Crippen LogP contribution in [0.4, 0.5) is 0 Å². The summed E-state index contributed by atoms with van der Waals surface area (Å²) in [5, 5.41) is 10.4. The van der Waals surface area contributed by atoms with Crippen LogP contribution in [0.25, 0.3) is 0 Å². The minimum absolute atomic E-state index is 0.0123. The highest BCUT2D eigenvalue weighted by atomic mass is 16.4. The summed E-state index contributed by atoms with van der Waals surface area (Å²) in [4.78, 5) is 22.3. The van der Waals surface area contributed by atoms with Crippen molar-refractivity contribution in [3.05, 3.63) is 58.7 Å². The fraction of sp³-hybridized carbons (Fsp3) is 0.400. The lowest BCUT2D eigenvalue weighted by Crippen LogP contribution is -2.24. The maximum atomic E-state index is 11.9. The largest absolute Gasteiger partial charge is 0.545 e. The van der Waals surface area contributed by atoms with Gasteiger partial charge in [-0.2, -0.15) is 0 Å². The van der Waals surface area contributed by atoms with Gasteiger partial charge in [0.15, 0.2) is 5.78 Å². The Morgan fingerprint density at radius 3 is 2.43 bits per heavy atom. The number of carboxylic acids is 1. The minimum atomic E-state index is -1.20. The quantitative estimate of drug-likeness (QED) is 0.577. The molecule has 0 fully saturated rings. The van der Waals surface area contributed by atoms with Crippen LogP contribution in [0.1, 0.15) is 47.5 Å². The maximum Gasteiger partial charge on any atom is 0.158 e. The number of hydrogen-bond acceptors (Lipinski definition) is 3. The molecule has 1 aliphatic rings. The third kappa shape index (κ3) is 5.85. The monoisotopic (exact) mass is 313 g/mol. The second-order valence-corrected chi connectivity index (χ2v) is 6.66. The Labute approximate surface area is 138 Å². The standard InChI is InChI=1S/C20H26O3/c1-14(7-6-8-15(2)13-19(22)23)9-10-17-16(3)18(21)11-12-20(17,4)5/h6-10,13H,11-12H2,1-5H3,(H,22,23)/p-1/b8-6+,10-9+,14-7+,15-13+. The molecule has 1 rings (SSSR count). The van der Waals surface area contributed by atoms with Crippen LogP contribution in [-0.2, 0) is 9.59 Å². The second-order valence-electron chi connectivity index (χ2n) is 6.66. The highest BCUT2D eigenvalue weighted by molar-refractivity contribution is 5.97. The number of carboxylic acid groups (broad SMARTS) is 1. The van der Waals surface area contributed by atoms with Crippen molar-refractivity contribution >= 4 is 11.8 Å². The molecule has 0 aromatic heterocycles. The highest BCUT2D eigenvalue weighted by Gasteiger charge is 2.30. The Morgan fingerprint density at radius 2 is 1.83 bits per heavy atom. The predicted molar refractivity (Wildman–Crippen MR) is 91.5 cm³/mol. The van der Waals surface area contributed by atoms with Crippen molar-refractivity contribution in [2.75, 3.05) is 0 Å². The second kappa shape index (κ2) is 7.91. The summed E-state index contributed by atoms with van der Waals surface area (Å²) in [6.45, 7) is 9.89. The average Bonchev–Trinajstić information content (AvgIpc) is 2.42. The van der Waals surface area contributed by atoms with Crippen LogP contribution >= 0.6 is 0 Å². The molecule has 0 atom stereocenters. The molecule has 0 aliphatic heterocycles. The summed E-state index contributed by atoms with van der Waals surface area (Å²) in [6.07, 6.45) is 12.0. The molecule has 3 heteroatoms. The van der Waals surface area contributed by atoms with Gasteiger partial charge in [-0.15, -0.1) is 0 Å². The van der Waals surface area contributed by atoms with Crippen molar-refractivity contribution in [3.8, 4) is 0 Å². The van der Waals surface area contributed by atoms with Crippen LogP contribution in [0, 0.1) is 5.41 Å². The van der Waals surface area contributed by atoms with Crippen molar-refractivity contribution in [1.82, 2.24) is 0 Å². The summed E-state index contributed by atoms with van der Waals surface area (Å²) < 4.78 is 0. The fourth-order valence-corrected chi connectivity index (χ4v) is 2.61. The molecule has 124 valence electrons. The van der Waals surface area contributed by atoms with Gasteiger partial charge in [-0.05, 0) is 55.4 Å². The van der Waals surface area contributed by atoms with E-state index in [1.54, 1.807) is 19.1 Å². The molecular weight excluding hydrogens is 288 g/mol. The highest BCUT2D eigenvalue weighted by Crippen LogP contribution is 2.39. The number of aliphatic carboxylic acids is 1. The summed E-state index contributed by atoms with van der Waals surface area (Å²) >= 11 is 0. The van der Waals surface area contributed by atoms with Crippen molar-refractivity contribution in [2.24, 2.45) is 5.41 Å². The first-order valence-corrected chi connectivity index (χ1v) is 7.80. The number of Topliss-reactive ketones (excluding diaryl/α,β-unsaturated/α-hetero) is 1. The van der Waals surface area contributed by atoms with Crippen molar-refractivity contribution in [1.29, 1.82) is 0 Å². The van der Waals surface area contributed by atoms with Gasteiger partial charge in [0.1, 0.15) is 0 Å². The zero-order valence-corrected chi connectivity index (χ0v) is 14.6. The lowest BCUT2D eigenvalue weighted by Gasteiger charge is -2.32. The molecule has 0 bridgehead atoms. The van der Waals surface area contributed by atoms with Crippen LogP contribution in [-0.4, -0.2) is 11.8 Å². The van der Waals surface area contributed by atoms with Crippen LogP contribution in [0.5, 0.6) is 0 Å². The number of rotatable bonds is 5. The third-order valence-electron chi connectivity index (χ3n) is 4.11. The van der Waals surface area contributed by atoms with E-state index in [4.69, 9.17) is 0 Å². The maximum absolute atomic E-state index is 11.9. The first kappa shape index (κ1) is 18.9. The van der Waals surface area contributed by atoms with E-state index < -0.39 is 5.97 Å². The Hall–Kier alpha value is -2.16. The Bertz CT molecular complexity index is 638. The molecule has 3 nitrogen and oxygen atoms in total. The normalized spacial score (nSPS) is 20.0. The van der Waals surface area contributed by atoms with Gasteiger partial charge >= 0.3 is 0 Å². The molecule has 0 amide bonds. The van der Waals surface area contributed by atoms with Gasteiger partial charge in [-0.3, -0.25) is 4.79 Å². The van der Waals surface area contributed by atoms with Crippen molar-refractivity contribution in [3.63, 3.8) is 0 Å². The lowest BCUT2D eigenvalue weighted by molar-refractivity contribution is -0.297. The van der Waals surface area contributed by atoms with Crippen LogP contribution < -0.4 is 5.11 Å². The summed E-state index contributed by atoms with van der Waals surface area (Å²) in [5.41, 5.74) is 3.61. The molecule has 23 heavy (non-hydrogen) atoms. The molecular formula is C20H25O3-. The number of allylic oxidation sites excluding steroid dienone is 9. The molecule has 0 N–H and O–H groups in total. The lowest BCUT2D eigenvalue weighted by atomic mass is 9.72. The van der Waals surface area contributed by atoms with E-state index in [-0.39, 0.29) is 11.2 Å². The molecule has 0 aromatic carbocycles. The Kier molecular flexibility index (Phi) is 6.49. The number of ketones is 1. The predicted octanol–water partition coefficient (Wildman–Crippen LogP) is 3.45. The SMILES string of the molecule is CC1=C(/C=C/C(C)=C/C=C/C(C)=C/C(=O)[O-])C(C)(C)CCC1=O. The van der Waals surface area contributed by atoms with Gasteiger partial charge in [0.2, 0.25) is 0 Å². The Morgan fingerprint density at radius 1 is 1.17 bits per heavy atom. The average molecular weight is 313 g/mol. The molecule has 1 aliphatic carbocycles. The first-order chi connectivity index (χ1) is 10.6. The number of carbonyl (C=O) groups is 2. The van der Waals surface area contributed by atoms with Crippen LogP contribution in [0.2, 0.25) is 0 Å². The van der Waals surface area contributed by atoms with Crippen molar-refractivity contribution in [2.45, 2.75) is 47.5 Å². The smallest absolute Gasteiger partial charge is 0.158 e. The fourth-order valence-electron chi connectivity index (χ4n) is 2.61. The topological polar surface area (TPSA) is 57.2 Å². The van der Waals surface area contributed by atoms with Crippen LogP contribution in [0.15, 0.2) is 58.7 Å². The third-order valence-corrected chi connectivity index (χ3v) is 4.11. The zero-order valence-electron chi connectivity index (χ0n) is 14.6. The van der Waals surface area contributed by atoms with Gasteiger partial charge in [-0.1, -0.05) is 49.8 Å².